The number of nitrogens with one attached hydrogen (secondary N) is 1. The van der Waals surface area contributed by atoms with Crippen LogP contribution in [0.25, 0.3) is 5.52 Å². The number of rotatable bonds is 7. The molecule has 0 aliphatic heterocycles. The van der Waals surface area contributed by atoms with Crippen molar-refractivity contribution in [2.45, 2.75) is 17.7 Å². The topological polar surface area (TPSA) is 72.7 Å². The van der Waals surface area contributed by atoms with Gasteiger partial charge in [-0.15, -0.1) is 0 Å². The zero-order valence-electron chi connectivity index (χ0n) is 13.6. The third-order valence-electron chi connectivity index (χ3n) is 3.80. The molecule has 8 heteroatoms. The van der Waals surface area contributed by atoms with Gasteiger partial charge in [-0.25, -0.2) is 18.1 Å². The van der Waals surface area contributed by atoms with E-state index in [1.54, 1.807) is 12.3 Å². The summed E-state index contributed by atoms with van der Waals surface area (Å²) < 4.78 is 34.6. The normalized spacial score (nSPS) is 11.8. The molecule has 0 atom stereocenters. The Bertz CT molecular complexity index is 986. The Morgan fingerprint density at radius 2 is 2.12 bits per heavy atom. The lowest BCUT2D eigenvalue weighted by Gasteiger charge is -2.11. The van der Waals surface area contributed by atoms with Crippen LogP contribution in [0.4, 0.5) is 0 Å². The second-order valence-electron chi connectivity index (χ2n) is 5.47. The molecule has 3 aromatic rings. The number of imidazole rings is 1. The number of halogens is 1. The second-order valence-corrected chi connectivity index (χ2v) is 7.64. The highest BCUT2D eigenvalue weighted by atomic mass is 35.5. The predicted molar refractivity (Wildman–Crippen MR) is 96.7 cm³/mol. The van der Waals surface area contributed by atoms with E-state index in [0.29, 0.717) is 24.4 Å². The third kappa shape index (κ3) is 3.95. The Morgan fingerprint density at radius 3 is 2.92 bits per heavy atom. The predicted octanol–water partition coefficient (Wildman–Crippen LogP) is 2.91. The van der Waals surface area contributed by atoms with Gasteiger partial charge in [-0.1, -0.05) is 17.7 Å². The smallest absolute Gasteiger partial charge is 0.244 e. The Kier molecular flexibility index (Phi) is 5.27. The number of sulfonamides is 1. The molecule has 2 heterocycles. The van der Waals surface area contributed by atoms with Crippen LogP contribution in [0, 0.1) is 0 Å². The molecule has 0 amide bonds. The first-order valence-electron chi connectivity index (χ1n) is 7.75. The number of hydrogen-bond acceptors (Lipinski definition) is 4. The van der Waals surface area contributed by atoms with Crippen LogP contribution in [0.5, 0.6) is 5.75 Å². The van der Waals surface area contributed by atoms with Crippen LogP contribution >= 0.6 is 11.6 Å². The molecule has 25 heavy (non-hydrogen) atoms. The standard InChI is InChI=1S/C17H18ClN3O3S/c1-24-15-8-7-13(18)11-16(15)25(22,23)20-9-4-6-17-19-12-14-5-2-3-10-21(14)17/h2-3,5,7-8,10-12,20H,4,6,9H2,1H3. The van der Waals surface area contributed by atoms with E-state index in [9.17, 15) is 8.42 Å². The molecule has 0 fully saturated rings. The van der Waals surface area contributed by atoms with Gasteiger partial charge in [0.25, 0.3) is 0 Å². The van der Waals surface area contributed by atoms with Gasteiger partial charge in [0.1, 0.15) is 16.5 Å². The third-order valence-corrected chi connectivity index (χ3v) is 5.52. The molecule has 0 spiro atoms. The first kappa shape index (κ1) is 17.7. The number of fused-ring (bicyclic) bond motifs is 1. The highest BCUT2D eigenvalue weighted by Gasteiger charge is 2.19. The van der Waals surface area contributed by atoms with Gasteiger partial charge >= 0.3 is 0 Å². The number of ether oxygens (including phenoxy) is 1. The van der Waals surface area contributed by atoms with E-state index in [1.807, 2.05) is 28.8 Å². The number of aromatic nitrogens is 2. The van der Waals surface area contributed by atoms with Crippen LogP contribution in [-0.4, -0.2) is 31.5 Å². The molecule has 0 saturated carbocycles. The quantitative estimate of drug-likeness (QED) is 0.640. The van der Waals surface area contributed by atoms with Crippen molar-refractivity contribution in [1.29, 1.82) is 0 Å². The van der Waals surface area contributed by atoms with Crippen molar-refractivity contribution in [3.63, 3.8) is 0 Å². The molecule has 0 aliphatic rings. The average molecular weight is 380 g/mol. The molecule has 2 aromatic heterocycles. The second kappa shape index (κ2) is 7.43. The van der Waals surface area contributed by atoms with Crippen LogP contribution in [0.15, 0.2) is 53.7 Å². The van der Waals surface area contributed by atoms with E-state index in [1.165, 1.54) is 19.2 Å². The Hall–Kier alpha value is -2.09. The Labute approximate surface area is 151 Å². The number of benzene rings is 1. The van der Waals surface area contributed by atoms with Gasteiger partial charge in [0, 0.05) is 24.2 Å². The summed E-state index contributed by atoms with van der Waals surface area (Å²) in [6, 6.07) is 10.4. The lowest BCUT2D eigenvalue weighted by atomic mass is 10.3. The maximum absolute atomic E-state index is 12.5. The van der Waals surface area contributed by atoms with Crippen LogP contribution in [0.1, 0.15) is 12.2 Å². The van der Waals surface area contributed by atoms with Crippen molar-refractivity contribution in [2.75, 3.05) is 13.7 Å². The number of nitrogens with zero attached hydrogens (tertiary/aromatic N) is 2. The van der Waals surface area contributed by atoms with E-state index in [0.717, 1.165) is 11.3 Å². The number of aryl methyl sites for hydroxylation is 1. The average Bonchev–Trinajstić information content (AvgIpc) is 3.02. The summed E-state index contributed by atoms with van der Waals surface area (Å²) in [4.78, 5) is 4.41. The molecule has 0 unspecified atom stereocenters. The van der Waals surface area contributed by atoms with Gasteiger partial charge in [0.2, 0.25) is 10.0 Å². The van der Waals surface area contributed by atoms with E-state index < -0.39 is 10.0 Å². The van der Waals surface area contributed by atoms with Crippen LogP contribution in [0.3, 0.4) is 0 Å². The highest BCUT2D eigenvalue weighted by Crippen LogP contribution is 2.26. The molecule has 132 valence electrons. The largest absolute Gasteiger partial charge is 0.495 e. The molecule has 0 bridgehead atoms. The van der Waals surface area contributed by atoms with Crippen molar-refractivity contribution in [2.24, 2.45) is 0 Å². The monoisotopic (exact) mass is 379 g/mol. The van der Waals surface area contributed by atoms with Gasteiger partial charge in [0.05, 0.1) is 18.8 Å². The van der Waals surface area contributed by atoms with Crippen molar-refractivity contribution in [1.82, 2.24) is 14.1 Å². The first-order chi connectivity index (χ1) is 12.0. The van der Waals surface area contributed by atoms with Gasteiger partial charge in [-0.2, -0.15) is 0 Å². The molecule has 1 N–H and O–H groups in total. The van der Waals surface area contributed by atoms with E-state index in [4.69, 9.17) is 16.3 Å². The zero-order chi connectivity index (χ0) is 17.9. The van der Waals surface area contributed by atoms with E-state index >= 15 is 0 Å². The number of methoxy groups -OCH3 is 1. The molecule has 0 aliphatic carbocycles. The van der Waals surface area contributed by atoms with Crippen LogP contribution in [-0.2, 0) is 16.4 Å². The minimum absolute atomic E-state index is 0.0359. The van der Waals surface area contributed by atoms with Gasteiger partial charge in [0.15, 0.2) is 0 Å². The summed E-state index contributed by atoms with van der Waals surface area (Å²) in [6.07, 6.45) is 5.03. The highest BCUT2D eigenvalue weighted by molar-refractivity contribution is 7.89. The lowest BCUT2D eigenvalue weighted by Crippen LogP contribution is -2.25. The number of pyridine rings is 1. The summed E-state index contributed by atoms with van der Waals surface area (Å²) in [5, 5.41) is 0.338. The van der Waals surface area contributed by atoms with Gasteiger partial charge in [-0.05, 0) is 36.8 Å². The molecule has 1 aromatic carbocycles. The number of hydrogen-bond donors (Lipinski definition) is 1. The minimum Gasteiger partial charge on any atom is -0.495 e. The summed E-state index contributed by atoms with van der Waals surface area (Å²) >= 11 is 5.91. The van der Waals surface area contributed by atoms with Crippen molar-refractivity contribution >= 4 is 27.1 Å². The molecule has 3 rings (SSSR count). The summed E-state index contributed by atoms with van der Waals surface area (Å²) in [6.45, 7) is 0.291. The van der Waals surface area contributed by atoms with Crippen molar-refractivity contribution < 1.29 is 13.2 Å². The summed E-state index contributed by atoms with van der Waals surface area (Å²) in [7, 11) is -2.27. The van der Waals surface area contributed by atoms with Gasteiger partial charge < -0.3 is 9.14 Å². The zero-order valence-corrected chi connectivity index (χ0v) is 15.2. The van der Waals surface area contributed by atoms with Gasteiger partial charge in [-0.3, -0.25) is 0 Å². The fourth-order valence-corrected chi connectivity index (χ4v) is 4.08. The maximum Gasteiger partial charge on any atom is 0.244 e. The summed E-state index contributed by atoms with van der Waals surface area (Å²) in [5.74, 6) is 1.16. The maximum atomic E-state index is 12.5. The lowest BCUT2D eigenvalue weighted by molar-refractivity contribution is 0.402. The molecule has 0 saturated heterocycles. The van der Waals surface area contributed by atoms with E-state index in [-0.39, 0.29) is 10.6 Å². The van der Waals surface area contributed by atoms with Crippen molar-refractivity contribution in [3.05, 3.63) is 59.6 Å². The fraction of sp³-hybridized carbons (Fsp3) is 0.235. The Morgan fingerprint density at radius 1 is 1.28 bits per heavy atom. The van der Waals surface area contributed by atoms with Crippen molar-refractivity contribution in [3.8, 4) is 5.75 Å². The van der Waals surface area contributed by atoms with E-state index in [2.05, 4.69) is 9.71 Å². The molecule has 0 radical (unpaired) electrons. The van der Waals surface area contributed by atoms with Crippen LogP contribution in [0.2, 0.25) is 5.02 Å². The minimum atomic E-state index is -3.70. The molecular weight excluding hydrogens is 362 g/mol. The molecular formula is C17H18ClN3O3S. The SMILES string of the molecule is COc1ccc(Cl)cc1S(=O)(=O)NCCCc1ncc2ccccn12. The molecule has 6 nitrogen and oxygen atoms in total. The first-order valence-corrected chi connectivity index (χ1v) is 9.61. The summed E-state index contributed by atoms with van der Waals surface area (Å²) in [5.41, 5.74) is 1.02. The van der Waals surface area contributed by atoms with Crippen LogP contribution < -0.4 is 9.46 Å². The fourth-order valence-electron chi connectivity index (χ4n) is 2.58. The Balaban J connectivity index is 1.64.